The standard InChI is InChI=1S/C23H26N2O2/c1-7-8-16-11-12-25-19-10-9-17(15-24-21(26)27-22(2,3)4)13-18(19)23(5,6)20(25)14-16/h1,9-14H,8,15H2,2-6H3/p+1. The van der Waals surface area contributed by atoms with Crippen molar-refractivity contribution in [3.05, 3.63) is 58.9 Å². The highest BCUT2D eigenvalue weighted by Gasteiger charge is 2.43. The van der Waals surface area contributed by atoms with Gasteiger partial charge in [0, 0.05) is 36.7 Å². The van der Waals surface area contributed by atoms with Gasteiger partial charge in [0.1, 0.15) is 5.60 Å². The molecule has 0 spiro atoms. The maximum Gasteiger partial charge on any atom is 0.407 e. The van der Waals surface area contributed by atoms with Gasteiger partial charge in [0.05, 0.1) is 5.41 Å². The molecule has 1 N–H and O–H groups in total. The van der Waals surface area contributed by atoms with Gasteiger partial charge in [0.15, 0.2) is 11.9 Å². The first kappa shape index (κ1) is 19.0. The van der Waals surface area contributed by atoms with Gasteiger partial charge in [-0.3, -0.25) is 0 Å². The molecule has 27 heavy (non-hydrogen) atoms. The van der Waals surface area contributed by atoms with Gasteiger partial charge in [0.2, 0.25) is 5.69 Å². The van der Waals surface area contributed by atoms with E-state index in [9.17, 15) is 4.79 Å². The van der Waals surface area contributed by atoms with E-state index in [1.165, 1.54) is 16.9 Å². The summed E-state index contributed by atoms with van der Waals surface area (Å²) in [7, 11) is 0. The molecule has 0 bridgehead atoms. The summed E-state index contributed by atoms with van der Waals surface area (Å²) < 4.78 is 7.53. The van der Waals surface area contributed by atoms with Crippen LogP contribution in [0.15, 0.2) is 36.5 Å². The number of rotatable bonds is 3. The van der Waals surface area contributed by atoms with E-state index in [1.54, 1.807) is 0 Å². The van der Waals surface area contributed by atoms with E-state index in [0.717, 1.165) is 11.1 Å². The molecule has 0 unspecified atom stereocenters. The smallest absolute Gasteiger partial charge is 0.407 e. The van der Waals surface area contributed by atoms with E-state index >= 15 is 0 Å². The summed E-state index contributed by atoms with van der Waals surface area (Å²) in [6.45, 7) is 10.4. The molecule has 1 aliphatic rings. The quantitative estimate of drug-likeness (QED) is 0.666. The van der Waals surface area contributed by atoms with Gasteiger partial charge < -0.3 is 10.1 Å². The van der Waals surface area contributed by atoms with Gasteiger partial charge in [-0.1, -0.05) is 6.07 Å². The Hall–Kier alpha value is -2.80. The number of hydrogen-bond acceptors (Lipinski definition) is 2. The Labute approximate surface area is 161 Å². The molecule has 0 atom stereocenters. The molecule has 0 radical (unpaired) electrons. The van der Waals surface area contributed by atoms with Crippen molar-refractivity contribution >= 4 is 6.09 Å². The second-order valence-corrected chi connectivity index (χ2v) is 8.50. The average molecular weight is 363 g/mol. The van der Waals surface area contributed by atoms with E-state index in [4.69, 9.17) is 11.2 Å². The second kappa shape index (κ2) is 6.74. The van der Waals surface area contributed by atoms with Gasteiger partial charge in [-0.05, 0) is 51.8 Å². The predicted octanol–water partition coefficient (Wildman–Crippen LogP) is 3.80. The molecule has 140 valence electrons. The third kappa shape index (κ3) is 3.83. The zero-order chi connectivity index (χ0) is 19.8. The first-order chi connectivity index (χ1) is 12.6. The fraction of sp³-hybridized carbons (Fsp3) is 0.391. The van der Waals surface area contributed by atoms with E-state index in [1.807, 2.05) is 26.8 Å². The highest BCUT2D eigenvalue weighted by molar-refractivity contribution is 5.67. The minimum atomic E-state index is -0.502. The largest absolute Gasteiger partial charge is 0.444 e. The molecule has 1 amide bonds. The van der Waals surface area contributed by atoms with Crippen molar-refractivity contribution in [3.63, 3.8) is 0 Å². The number of alkyl carbamates (subject to hydrolysis) is 1. The van der Waals surface area contributed by atoms with Gasteiger partial charge >= 0.3 is 6.09 Å². The lowest BCUT2D eigenvalue weighted by atomic mass is 9.82. The predicted molar refractivity (Wildman–Crippen MR) is 106 cm³/mol. The third-order valence-electron chi connectivity index (χ3n) is 4.80. The zero-order valence-electron chi connectivity index (χ0n) is 16.7. The molecule has 0 saturated carbocycles. The molecule has 4 heteroatoms. The number of nitrogens with one attached hydrogen (secondary N) is 1. The summed E-state index contributed by atoms with van der Waals surface area (Å²) in [6, 6.07) is 10.6. The molecule has 1 aromatic carbocycles. The van der Waals surface area contributed by atoms with E-state index in [2.05, 4.69) is 60.1 Å². The molecule has 0 saturated heterocycles. The number of hydrogen-bond donors (Lipinski definition) is 1. The van der Waals surface area contributed by atoms with E-state index in [-0.39, 0.29) is 5.41 Å². The average Bonchev–Trinajstić information content (AvgIpc) is 2.79. The van der Waals surface area contributed by atoms with Crippen LogP contribution in [0.1, 0.15) is 57.0 Å². The van der Waals surface area contributed by atoms with Crippen molar-refractivity contribution in [1.29, 1.82) is 0 Å². The van der Waals surface area contributed by atoms with Gasteiger partial charge in [-0.2, -0.15) is 4.57 Å². The monoisotopic (exact) mass is 363 g/mol. The number of pyridine rings is 1. The summed E-state index contributed by atoms with van der Waals surface area (Å²) in [4.78, 5) is 11.9. The minimum Gasteiger partial charge on any atom is -0.444 e. The van der Waals surface area contributed by atoms with Crippen molar-refractivity contribution in [2.45, 2.75) is 58.6 Å². The number of terminal acetylenes is 1. The van der Waals surface area contributed by atoms with Crippen LogP contribution in [0.3, 0.4) is 0 Å². The molecule has 3 rings (SSSR count). The summed E-state index contributed by atoms with van der Waals surface area (Å²) in [5.41, 5.74) is 5.19. The van der Waals surface area contributed by atoms with Gasteiger partial charge in [0.25, 0.3) is 0 Å². The van der Waals surface area contributed by atoms with Crippen LogP contribution in [0, 0.1) is 12.3 Å². The fourth-order valence-corrected chi connectivity index (χ4v) is 3.49. The number of benzene rings is 1. The number of nitrogens with zero attached hydrogens (tertiary/aromatic N) is 1. The van der Waals surface area contributed by atoms with Crippen LogP contribution in [0.25, 0.3) is 5.69 Å². The molecule has 0 fully saturated rings. The second-order valence-electron chi connectivity index (χ2n) is 8.50. The third-order valence-corrected chi connectivity index (χ3v) is 4.80. The van der Waals surface area contributed by atoms with Crippen LogP contribution in [-0.2, 0) is 23.1 Å². The normalized spacial score (nSPS) is 14.1. The van der Waals surface area contributed by atoms with Crippen LogP contribution in [0.4, 0.5) is 4.79 Å². The zero-order valence-corrected chi connectivity index (χ0v) is 16.7. The van der Waals surface area contributed by atoms with Crippen LogP contribution >= 0.6 is 0 Å². The highest BCUT2D eigenvalue weighted by atomic mass is 16.6. The topological polar surface area (TPSA) is 42.2 Å². The van der Waals surface area contributed by atoms with E-state index < -0.39 is 11.7 Å². The Morgan fingerprint density at radius 1 is 1.22 bits per heavy atom. The lowest BCUT2D eigenvalue weighted by Crippen LogP contribution is -2.34. The summed E-state index contributed by atoms with van der Waals surface area (Å²) in [5, 5.41) is 2.83. The summed E-state index contributed by atoms with van der Waals surface area (Å²) in [5.74, 6) is 2.71. The van der Waals surface area contributed by atoms with Crippen molar-refractivity contribution in [2.75, 3.05) is 0 Å². The first-order valence-corrected chi connectivity index (χ1v) is 9.21. The molecule has 0 aliphatic carbocycles. The molecule has 2 heterocycles. The van der Waals surface area contributed by atoms with Crippen molar-refractivity contribution in [3.8, 4) is 18.0 Å². The fourth-order valence-electron chi connectivity index (χ4n) is 3.49. The number of carbonyl (C=O) groups is 1. The van der Waals surface area contributed by atoms with Crippen molar-refractivity contribution in [1.82, 2.24) is 5.32 Å². The van der Waals surface area contributed by atoms with Crippen LogP contribution in [-0.4, -0.2) is 11.7 Å². The summed E-state index contributed by atoms with van der Waals surface area (Å²) in [6.07, 6.45) is 7.79. The number of fused-ring (bicyclic) bond motifs is 3. The first-order valence-electron chi connectivity index (χ1n) is 9.21. The van der Waals surface area contributed by atoms with Crippen LogP contribution < -0.4 is 9.88 Å². The van der Waals surface area contributed by atoms with Gasteiger partial charge in [-0.15, -0.1) is 12.3 Å². The Bertz CT molecular complexity index is 930. The van der Waals surface area contributed by atoms with E-state index in [0.29, 0.717) is 13.0 Å². The Morgan fingerprint density at radius 3 is 2.63 bits per heavy atom. The van der Waals surface area contributed by atoms with Crippen molar-refractivity contribution < 1.29 is 14.1 Å². The number of amides is 1. The molecule has 2 aromatic rings. The van der Waals surface area contributed by atoms with Crippen molar-refractivity contribution in [2.24, 2.45) is 0 Å². The molecule has 1 aliphatic heterocycles. The molecule has 4 nitrogen and oxygen atoms in total. The number of ether oxygens (including phenoxy) is 1. The maximum absolute atomic E-state index is 11.9. The SMILES string of the molecule is C#CCc1cc[n+]2c(c1)C(C)(C)c1cc(CNC(=O)OC(C)(C)C)ccc1-2. The number of aromatic nitrogens is 1. The highest BCUT2D eigenvalue weighted by Crippen LogP contribution is 2.38. The maximum atomic E-state index is 11.9. The minimum absolute atomic E-state index is 0.137. The molecule has 1 aromatic heterocycles. The lowest BCUT2D eigenvalue weighted by Gasteiger charge is -2.20. The Balaban J connectivity index is 1.85. The molecular weight excluding hydrogens is 336 g/mol. The number of carbonyl (C=O) groups excluding carboxylic acids is 1. The molecular formula is C23H27N2O2+. The summed E-state index contributed by atoms with van der Waals surface area (Å²) >= 11 is 0. The van der Waals surface area contributed by atoms with Crippen LogP contribution in [0.2, 0.25) is 0 Å². The Morgan fingerprint density at radius 2 is 1.96 bits per heavy atom. The van der Waals surface area contributed by atoms with Crippen LogP contribution in [0.5, 0.6) is 0 Å². The Kier molecular flexibility index (Phi) is 4.73. The van der Waals surface area contributed by atoms with Gasteiger partial charge in [-0.25, -0.2) is 4.79 Å². The lowest BCUT2D eigenvalue weighted by molar-refractivity contribution is -0.599.